The summed E-state index contributed by atoms with van der Waals surface area (Å²) in [6, 6.07) is 30.5. The lowest BCUT2D eigenvalue weighted by atomic mass is 9.78. The van der Waals surface area contributed by atoms with E-state index in [1.807, 2.05) is 74.6 Å². The van der Waals surface area contributed by atoms with Crippen molar-refractivity contribution in [2.24, 2.45) is 0 Å². The van der Waals surface area contributed by atoms with Gasteiger partial charge < -0.3 is 58.1 Å². The van der Waals surface area contributed by atoms with Crippen molar-refractivity contribution >= 4 is 35.2 Å². The fourth-order valence-electron chi connectivity index (χ4n) is 14.5. The molecule has 0 bridgehead atoms. The molecule has 8 atom stereocenters. The molecule has 0 saturated carbocycles. The zero-order chi connectivity index (χ0) is 68.8. The Hall–Kier alpha value is -7.77. The Morgan fingerprint density at radius 3 is 1.43 bits per heavy atom. The Morgan fingerprint density at radius 1 is 0.511 bits per heavy atom. The van der Waals surface area contributed by atoms with Crippen LogP contribution >= 0.6 is 0 Å². The van der Waals surface area contributed by atoms with Crippen LogP contribution in [0.5, 0.6) is 28.7 Å². The first-order valence-corrected chi connectivity index (χ1v) is 33.1. The van der Waals surface area contributed by atoms with Gasteiger partial charge in [-0.05, 0) is 169 Å². The summed E-state index contributed by atoms with van der Waals surface area (Å²) >= 11 is 0. The maximum absolute atomic E-state index is 12.4. The van der Waals surface area contributed by atoms with Crippen molar-refractivity contribution in [2.75, 3.05) is 105 Å². The van der Waals surface area contributed by atoms with Crippen molar-refractivity contribution in [3.05, 3.63) is 153 Å². The molecule has 0 spiro atoms. The topological polar surface area (TPSA) is 201 Å². The fraction of sp³-hybridized carbons (Fsp3) is 0.513. The van der Waals surface area contributed by atoms with E-state index in [-0.39, 0.29) is 54.2 Å². The average molecular weight is 1300 g/mol. The second kappa shape index (κ2) is 36.8. The summed E-state index contributed by atoms with van der Waals surface area (Å²) in [6.07, 6.45) is 11.7. The number of amides is 1. The van der Waals surface area contributed by atoms with Gasteiger partial charge in [-0.1, -0.05) is 88.0 Å². The molecule has 10 rings (SSSR count). The number of likely N-dealkylation sites (N-methyl/N-ethyl adjacent to an activating group) is 4. The van der Waals surface area contributed by atoms with Crippen molar-refractivity contribution in [3.63, 3.8) is 0 Å². The summed E-state index contributed by atoms with van der Waals surface area (Å²) in [7, 11) is 20.3. The van der Waals surface area contributed by atoms with Crippen LogP contribution in [0.2, 0.25) is 0 Å². The second-order valence-corrected chi connectivity index (χ2v) is 24.4. The molecular formula is C76H104N4O14. The SMILES string of the molecule is C=C1c2c(cccc2OC)CCC1N(C)CCC.CCC(=O)N(C)C1CCc2cccc(OC)c2C1C(=O)OC.CCCN(C)C1CCc2cccc(OC)c2C1CO.CNC1CCc2cccc(OC)c2C1C(=O)OC.COC(=O)C1C(=O)CCc2cccc(OC)c21. The number of methoxy groups -OCH3 is 8. The van der Waals surface area contributed by atoms with Crippen molar-refractivity contribution < 1.29 is 67.0 Å². The molecule has 0 saturated heterocycles. The lowest BCUT2D eigenvalue weighted by molar-refractivity contribution is -0.147. The van der Waals surface area contributed by atoms with Gasteiger partial charge in [0.15, 0.2) is 5.78 Å². The molecule has 0 aromatic heterocycles. The Balaban J connectivity index is 0.000000187. The van der Waals surface area contributed by atoms with Crippen LogP contribution in [0.4, 0.5) is 0 Å². The maximum atomic E-state index is 12.4. The summed E-state index contributed by atoms with van der Waals surface area (Å²) in [5.41, 5.74) is 12.1. The summed E-state index contributed by atoms with van der Waals surface area (Å²) in [6.45, 7) is 12.9. The number of aliphatic hydroxyl groups excluding tert-OH is 1. The van der Waals surface area contributed by atoms with Crippen molar-refractivity contribution in [3.8, 4) is 28.7 Å². The Bertz CT molecular complexity index is 3280. The number of hydrogen-bond acceptors (Lipinski definition) is 17. The zero-order valence-electron chi connectivity index (χ0n) is 58.4. The van der Waals surface area contributed by atoms with Gasteiger partial charge in [-0.3, -0.25) is 28.9 Å². The Labute approximate surface area is 558 Å². The van der Waals surface area contributed by atoms with Crippen LogP contribution in [-0.2, 0) is 70.3 Å². The molecule has 18 heteroatoms. The molecule has 5 aromatic carbocycles. The first-order valence-electron chi connectivity index (χ1n) is 33.1. The number of ketones is 1. The number of nitrogens with one attached hydrogen (secondary N) is 1. The van der Waals surface area contributed by atoms with Crippen LogP contribution < -0.4 is 29.0 Å². The van der Waals surface area contributed by atoms with Gasteiger partial charge in [-0.25, -0.2) is 0 Å². The van der Waals surface area contributed by atoms with Crippen LogP contribution in [-0.4, -0.2) is 178 Å². The third kappa shape index (κ3) is 17.4. The number of carbonyl (C=O) groups excluding carboxylic acids is 5. The number of nitrogens with zero attached hydrogens (tertiary/aromatic N) is 3. The highest BCUT2D eigenvalue weighted by Crippen LogP contribution is 2.44. The van der Waals surface area contributed by atoms with Crippen LogP contribution in [0.25, 0.3) is 5.57 Å². The highest BCUT2D eigenvalue weighted by atomic mass is 16.5. The second-order valence-electron chi connectivity index (χ2n) is 24.4. The first-order chi connectivity index (χ1) is 45.4. The third-order valence-corrected chi connectivity index (χ3v) is 19.2. The zero-order valence-corrected chi connectivity index (χ0v) is 58.4. The number of rotatable bonds is 18. The number of esters is 3. The number of hydrogen-bond donors (Lipinski definition) is 2. The standard InChI is InChI=1S/C17H23NO4.C16H25NO2.C16H23NO.C14H19NO3.C13H14O4/c1-5-14(19)18(2)12-10-9-11-7-6-8-13(21-3)15(11)16(12)17(20)22-4;1-4-10-17(2)14-9-8-12-6-5-7-15(19-3)16(12)13(14)11-18;1-5-11-17(3)14-10-9-13-7-6-8-15(18-4)16(13)12(14)2;1-15-10-8-7-9-5-4-6-11(17-2)12(9)13(10)14(16)18-3;1-16-10-5-3-4-8-6-7-9(14)12(11(8)10)13(15)17-2/h6-8,12,16H,5,9-10H2,1-4H3;5-7,13-14,18H,4,8-11H2,1-3H3;6-8,14H,2,5,9-11H2,1,3-4H3;4-6,10,13,15H,7-8H2,1-3H3;3-5,12H,6-7H2,1-2H3. The number of carbonyl (C=O) groups is 5. The van der Waals surface area contributed by atoms with Crippen molar-refractivity contribution in [1.29, 1.82) is 0 Å². The normalized spacial score (nSPS) is 20.4. The van der Waals surface area contributed by atoms with E-state index in [0.717, 1.165) is 110 Å². The molecule has 0 radical (unpaired) electrons. The van der Waals surface area contributed by atoms with Gasteiger partial charge in [0, 0.05) is 77.8 Å². The molecule has 8 unspecified atom stereocenters. The molecule has 0 heterocycles. The highest BCUT2D eigenvalue weighted by molar-refractivity contribution is 6.06. The third-order valence-electron chi connectivity index (χ3n) is 19.2. The highest BCUT2D eigenvalue weighted by Gasteiger charge is 2.42. The van der Waals surface area contributed by atoms with Crippen LogP contribution in [0.15, 0.2) is 97.6 Å². The molecule has 5 aliphatic carbocycles. The molecule has 94 heavy (non-hydrogen) atoms. The summed E-state index contributed by atoms with van der Waals surface area (Å²) < 4.78 is 41.7. The lowest BCUT2D eigenvalue weighted by Gasteiger charge is -2.39. The van der Waals surface area contributed by atoms with Crippen molar-refractivity contribution in [1.82, 2.24) is 20.0 Å². The van der Waals surface area contributed by atoms with Gasteiger partial charge in [0.1, 0.15) is 46.5 Å². The maximum Gasteiger partial charge on any atom is 0.320 e. The van der Waals surface area contributed by atoms with Gasteiger partial charge in [0.2, 0.25) is 5.91 Å². The van der Waals surface area contributed by atoms with Crippen LogP contribution in [0.3, 0.4) is 0 Å². The van der Waals surface area contributed by atoms with Crippen LogP contribution in [0, 0.1) is 0 Å². The predicted octanol–water partition coefficient (Wildman–Crippen LogP) is 10.9. The molecule has 18 nitrogen and oxygen atoms in total. The molecule has 0 aliphatic heterocycles. The quantitative estimate of drug-likeness (QED) is 0.0476. The lowest BCUT2D eigenvalue weighted by Crippen LogP contribution is -2.46. The average Bonchev–Trinajstić information content (AvgIpc) is 0.808. The largest absolute Gasteiger partial charge is 0.496 e. The molecule has 2 N–H and O–H groups in total. The van der Waals surface area contributed by atoms with Gasteiger partial charge in [0.05, 0.1) is 63.5 Å². The fourth-order valence-corrected chi connectivity index (χ4v) is 14.5. The Kier molecular flexibility index (Phi) is 29.4. The monoisotopic (exact) mass is 1300 g/mol. The first kappa shape index (κ1) is 75.3. The number of aryl methyl sites for hydroxylation is 5. The minimum Gasteiger partial charge on any atom is -0.496 e. The molecule has 512 valence electrons. The summed E-state index contributed by atoms with van der Waals surface area (Å²) in [5, 5.41) is 13.1. The van der Waals surface area contributed by atoms with E-state index in [2.05, 4.69) is 73.9 Å². The van der Waals surface area contributed by atoms with Crippen LogP contribution in [0.1, 0.15) is 151 Å². The van der Waals surface area contributed by atoms with Gasteiger partial charge in [-0.15, -0.1) is 0 Å². The minimum absolute atomic E-state index is 0.0252. The van der Waals surface area contributed by atoms with E-state index in [1.165, 1.54) is 68.3 Å². The molecule has 5 aliphatic rings. The summed E-state index contributed by atoms with van der Waals surface area (Å²) in [5.74, 6) is 1.31. The number of fused-ring (bicyclic) bond motifs is 5. The number of benzene rings is 5. The van der Waals surface area contributed by atoms with Gasteiger partial charge in [-0.2, -0.15) is 0 Å². The van der Waals surface area contributed by atoms with E-state index in [0.29, 0.717) is 48.4 Å². The van der Waals surface area contributed by atoms with Gasteiger partial charge >= 0.3 is 17.9 Å². The Morgan fingerprint density at radius 2 is 0.936 bits per heavy atom. The predicted molar refractivity (Wildman–Crippen MR) is 368 cm³/mol. The number of Topliss-reactive ketones (excluding diaryl/α,β-unsaturated/α-hetero) is 1. The van der Waals surface area contributed by atoms with E-state index in [1.54, 1.807) is 46.5 Å². The van der Waals surface area contributed by atoms with E-state index >= 15 is 0 Å². The van der Waals surface area contributed by atoms with E-state index < -0.39 is 17.8 Å². The smallest absolute Gasteiger partial charge is 0.320 e. The van der Waals surface area contributed by atoms with E-state index in [4.69, 9.17) is 37.9 Å². The molecule has 1 amide bonds. The molecular weight excluding hydrogens is 1190 g/mol. The molecule has 5 aromatic rings. The van der Waals surface area contributed by atoms with Gasteiger partial charge in [0.25, 0.3) is 0 Å². The minimum atomic E-state index is -0.833. The summed E-state index contributed by atoms with van der Waals surface area (Å²) in [4.78, 5) is 66.6. The van der Waals surface area contributed by atoms with E-state index in [9.17, 15) is 29.1 Å². The van der Waals surface area contributed by atoms with Crippen molar-refractivity contribution in [2.45, 2.75) is 152 Å². The molecule has 0 fully saturated rings. The number of aliphatic hydroxyl groups is 1. The number of ether oxygens (including phenoxy) is 8.